The van der Waals surface area contributed by atoms with Crippen molar-refractivity contribution < 1.29 is 34.8 Å². The van der Waals surface area contributed by atoms with Crippen LogP contribution in [0.1, 0.15) is 6.92 Å². The molecule has 0 spiro atoms. The summed E-state index contributed by atoms with van der Waals surface area (Å²) in [5.41, 5.74) is 8.55. The van der Waals surface area contributed by atoms with Crippen LogP contribution in [-0.2, 0) is 14.3 Å². The van der Waals surface area contributed by atoms with Gasteiger partial charge in [0.1, 0.15) is 18.3 Å². The maximum atomic E-state index is 11.3. The molecule has 122 valence electrons. The molecule has 0 radical (unpaired) electrons. The van der Waals surface area contributed by atoms with Crippen molar-refractivity contribution >= 4 is 11.9 Å². The molecule has 1 heterocycles. The smallest absolute Gasteiger partial charge is 0.370 e. The van der Waals surface area contributed by atoms with Crippen molar-refractivity contribution in [1.82, 2.24) is 5.32 Å². The first-order chi connectivity index (χ1) is 10.3. The maximum absolute atomic E-state index is 11.3. The van der Waals surface area contributed by atoms with E-state index < -0.39 is 54.6 Å². The van der Waals surface area contributed by atoms with Gasteiger partial charge in [-0.15, -0.1) is 0 Å². The van der Waals surface area contributed by atoms with E-state index in [9.17, 15) is 19.8 Å². The summed E-state index contributed by atoms with van der Waals surface area (Å²) in [6.07, 6.45) is -3.81. The first-order valence-corrected chi connectivity index (χ1v) is 6.21. The topological polar surface area (TPSA) is 185 Å². The average Bonchev–Trinajstić information content (AvgIpc) is 2.46. The second kappa shape index (κ2) is 7.61. The van der Waals surface area contributed by atoms with Gasteiger partial charge in [-0.05, 0) is 11.6 Å². The van der Waals surface area contributed by atoms with Gasteiger partial charge in [-0.25, -0.2) is 4.79 Å². The first-order valence-electron chi connectivity index (χ1n) is 6.21. The number of aliphatic carboxylic acids is 1. The number of nitrogens with one attached hydrogen (secondary N) is 1. The van der Waals surface area contributed by atoms with E-state index >= 15 is 0 Å². The molecule has 1 amide bonds. The highest BCUT2D eigenvalue weighted by Crippen LogP contribution is 2.24. The van der Waals surface area contributed by atoms with Gasteiger partial charge in [0.05, 0.1) is 18.7 Å². The highest BCUT2D eigenvalue weighted by atomic mass is 16.5. The van der Waals surface area contributed by atoms with Gasteiger partial charge in [-0.3, -0.25) is 4.79 Å². The molecule has 0 aromatic heterocycles. The van der Waals surface area contributed by atoms with Crippen molar-refractivity contribution in [1.29, 1.82) is 0 Å². The van der Waals surface area contributed by atoms with E-state index in [0.29, 0.717) is 0 Å². The lowest BCUT2D eigenvalue weighted by atomic mass is 9.92. The number of hydrogen-bond donors (Lipinski definition) is 5. The number of amides is 1. The summed E-state index contributed by atoms with van der Waals surface area (Å²) in [4.78, 5) is 24.8. The molecule has 1 unspecified atom stereocenters. The number of rotatable bonds is 6. The Balaban J connectivity index is 3.23. The van der Waals surface area contributed by atoms with Crippen molar-refractivity contribution in [2.75, 3.05) is 6.61 Å². The monoisotopic (exact) mass is 316 g/mol. The highest BCUT2D eigenvalue weighted by Gasteiger charge is 2.43. The van der Waals surface area contributed by atoms with E-state index in [4.69, 9.17) is 20.5 Å². The molecule has 0 aromatic carbocycles. The summed E-state index contributed by atoms with van der Waals surface area (Å²) in [6, 6.07) is -2.27. The Kier molecular flexibility index (Phi) is 6.13. The fraction of sp³-hybridized carbons (Fsp3) is 0.636. The van der Waals surface area contributed by atoms with Crippen LogP contribution in [-0.4, -0.2) is 69.3 Å². The number of nitrogens with zero attached hydrogens (tertiary/aromatic N) is 3. The molecule has 0 saturated heterocycles. The molecule has 0 saturated carbocycles. The molecule has 5 atom stereocenters. The maximum Gasteiger partial charge on any atom is 0.370 e. The van der Waals surface area contributed by atoms with Crippen LogP contribution in [0, 0.1) is 0 Å². The number of aliphatic hydroxyl groups excluding tert-OH is 3. The molecule has 0 fully saturated rings. The molecular formula is C11H16N4O7. The van der Waals surface area contributed by atoms with Crippen LogP contribution in [0.25, 0.3) is 10.4 Å². The van der Waals surface area contributed by atoms with Crippen molar-refractivity contribution in [2.24, 2.45) is 5.11 Å². The van der Waals surface area contributed by atoms with Crippen LogP contribution in [0.5, 0.6) is 0 Å². The molecule has 11 nitrogen and oxygen atoms in total. The van der Waals surface area contributed by atoms with E-state index in [2.05, 4.69) is 15.3 Å². The predicted molar refractivity (Wildman–Crippen MR) is 70.2 cm³/mol. The van der Waals surface area contributed by atoms with Crippen molar-refractivity contribution in [3.05, 3.63) is 22.3 Å². The molecule has 0 aromatic rings. The predicted octanol–water partition coefficient (Wildman–Crippen LogP) is -1.75. The Hall–Kier alpha value is -2.33. The Morgan fingerprint density at radius 2 is 2.18 bits per heavy atom. The molecule has 0 bridgehead atoms. The summed E-state index contributed by atoms with van der Waals surface area (Å²) in [5, 5.41) is 43.1. The minimum absolute atomic E-state index is 0.547. The van der Waals surface area contributed by atoms with Gasteiger partial charge < -0.3 is 30.5 Å². The lowest BCUT2D eigenvalue weighted by molar-refractivity contribution is -0.145. The zero-order valence-corrected chi connectivity index (χ0v) is 11.5. The number of carboxylic acids is 1. The molecule has 22 heavy (non-hydrogen) atoms. The summed E-state index contributed by atoms with van der Waals surface area (Å²) in [5.74, 6) is -2.63. The second-order valence-electron chi connectivity index (χ2n) is 4.58. The molecular weight excluding hydrogens is 300 g/mol. The lowest BCUT2D eigenvalue weighted by Crippen LogP contribution is -2.59. The normalized spacial score (nSPS) is 26.7. The standard InChI is InChI=1S/C11H16N4O7/c1-4(17)13-8-5(14-15-12)2-7(11(20)21)22-10(8)9(19)6(18)3-16/h2,5-6,8-10,16,18-19H,3H2,1H3,(H,13,17)(H,20,21)/t5-,6?,8+,9+,10+/m0/s1. The minimum atomic E-state index is -1.72. The molecule has 5 N–H and O–H groups in total. The quantitative estimate of drug-likeness (QED) is 0.218. The number of aliphatic hydroxyl groups is 3. The zero-order valence-electron chi connectivity index (χ0n) is 11.5. The summed E-state index contributed by atoms with van der Waals surface area (Å²) in [7, 11) is 0. The average molecular weight is 316 g/mol. The van der Waals surface area contributed by atoms with Crippen molar-refractivity contribution in [2.45, 2.75) is 37.3 Å². The zero-order chi connectivity index (χ0) is 16.9. The Labute approximate surface area is 124 Å². The highest BCUT2D eigenvalue weighted by molar-refractivity contribution is 5.84. The van der Waals surface area contributed by atoms with Crippen LogP contribution >= 0.6 is 0 Å². The third kappa shape index (κ3) is 4.09. The first kappa shape index (κ1) is 17.7. The Morgan fingerprint density at radius 3 is 2.64 bits per heavy atom. The number of carbonyl (C=O) groups is 2. The number of hydrogen-bond acceptors (Lipinski definition) is 7. The van der Waals surface area contributed by atoms with E-state index in [1.165, 1.54) is 0 Å². The number of ether oxygens (including phenoxy) is 1. The van der Waals surface area contributed by atoms with Gasteiger partial charge in [0.25, 0.3) is 0 Å². The van der Waals surface area contributed by atoms with Gasteiger partial charge >= 0.3 is 5.97 Å². The molecule has 1 aliphatic rings. The largest absolute Gasteiger partial charge is 0.478 e. The molecule has 11 heteroatoms. The fourth-order valence-electron chi connectivity index (χ4n) is 2.01. The lowest BCUT2D eigenvalue weighted by Gasteiger charge is -2.38. The minimum Gasteiger partial charge on any atom is -0.478 e. The van der Waals surface area contributed by atoms with Crippen LogP contribution < -0.4 is 5.32 Å². The SMILES string of the molecule is CC(=O)N[C@H]1[C@H]([C@H](O)C(O)CO)OC(C(=O)O)=C[C@@H]1N=[N+]=[N-]. The number of carboxylic acid groups (broad SMARTS) is 1. The van der Waals surface area contributed by atoms with Crippen LogP contribution in [0.3, 0.4) is 0 Å². The second-order valence-corrected chi connectivity index (χ2v) is 4.58. The Bertz CT molecular complexity index is 517. The number of carbonyl (C=O) groups excluding carboxylic acids is 1. The van der Waals surface area contributed by atoms with Crippen LogP contribution in [0.15, 0.2) is 16.9 Å². The van der Waals surface area contributed by atoms with Crippen LogP contribution in [0.4, 0.5) is 0 Å². The molecule has 0 aliphatic carbocycles. The van der Waals surface area contributed by atoms with Gasteiger partial charge in [-0.1, -0.05) is 5.11 Å². The van der Waals surface area contributed by atoms with Gasteiger partial charge in [0.15, 0.2) is 0 Å². The van der Waals surface area contributed by atoms with Gasteiger partial charge in [0, 0.05) is 11.8 Å². The van der Waals surface area contributed by atoms with Gasteiger partial charge in [-0.2, -0.15) is 0 Å². The fourth-order valence-corrected chi connectivity index (χ4v) is 2.01. The van der Waals surface area contributed by atoms with E-state index in [1.807, 2.05) is 0 Å². The van der Waals surface area contributed by atoms with E-state index in [1.54, 1.807) is 0 Å². The van der Waals surface area contributed by atoms with Crippen molar-refractivity contribution in [3.8, 4) is 0 Å². The van der Waals surface area contributed by atoms with E-state index in [-0.39, 0.29) is 0 Å². The van der Waals surface area contributed by atoms with Crippen molar-refractivity contribution in [3.63, 3.8) is 0 Å². The third-order valence-electron chi connectivity index (χ3n) is 2.99. The Morgan fingerprint density at radius 1 is 1.55 bits per heavy atom. The molecule has 1 rings (SSSR count). The number of azide groups is 1. The van der Waals surface area contributed by atoms with Gasteiger partial charge in [0.2, 0.25) is 11.7 Å². The summed E-state index contributed by atoms with van der Waals surface area (Å²) >= 11 is 0. The summed E-state index contributed by atoms with van der Waals surface area (Å²) in [6.45, 7) is 0.349. The summed E-state index contributed by atoms with van der Waals surface area (Å²) < 4.78 is 5.07. The van der Waals surface area contributed by atoms with Crippen LogP contribution in [0.2, 0.25) is 0 Å². The van der Waals surface area contributed by atoms with E-state index in [0.717, 1.165) is 13.0 Å². The molecule has 1 aliphatic heterocycles. The third-order valence-corrected chi connectivity index (χ3v) is 2.99.